The lowest BCUT2D eigenvalue weighted by atomic mass is 9.88. The van der Waals surface area contributed by atoms with E-state index in [-0.39, 0.29) is 54.3 Å². The van der Waals surface area contributed by atoms with Gasteiger partial charge < -0.3 is 24.8 Å². The zero-order valence-corrected chi connectivity index (χ0v) is 28.5. The molecule has 0 radical (unpaired) electrons. The molecule has 0 unspecified atom stereocenters. The van der Waals surface area contributed by atoms with Crippen LogP contribution in [-0.4, -0.2) is 86.1 Å². The third-order valence-electron chi connectivity index (χ3n) is 9.18. The van der Waals surface area contributed by atoms with Crippen molar-refractivity contribution in [3.8, 4) is 5.75 Å². The molecular formula is C35H51N3O7S. The predicted octanol–water partition coefficient (Wildman–Crippen LogP) is 5.32. The van der Waals surface area contributed by atoms with Gasteiger partial charge in [0, 0.05) is 44.3 Å². The van der Waals surface area contributed by atoms with E-state index in [2.05, 4.69) is 5.32 Å². The molecule has 2 aromatic carbocycles. The molecule has 2 amide bonds. The number of hydrogen-bond donors (Lipinski definition) is 2. The van der Waals surface area contributed by atoms with E-state index in [4.69, 9.17) is 9.47 Å². The normalized spacial score (nSPS) is 23.2. The summed E-state index contributed by atoms with van der Waals surface area (Å²) in [6.07, 6.45) is 6.58. The van der Waals surface area contributed by atoms with Gasteiger partial charge in [-0.25, -0.2) is 8.42 Å². The summed E-state index contributed by atoms with van der Waals surface area (Å²) < 4.78 is 40.6. The first-order valence-corrected chi connectivity index (χ1v) is 18.1. The highest BCUT2D eigenvalue weighted by molar-refractivity contribution is 7.89. The van der Waals surface area contributed by atoms with Crippen molar-refractivity contribution in [2.75, 3.05) is 38.7 Å². The minimum Gasteiger partial charge on any atom is -0.490 e. The van der Waals surface area contributed by atoms with Crippen LogP contribution in [-0.2, 0) is 19.6 Å². The molecule has 4 rings (SSSR count). The number of anilines is 1. The lowest BCUT2D eigenvalue weighted by Crippen LogP contribution is -2.48. The maximum absolute atomic E-state index is 14.3. The molecule has 4 atom stereocenters. The van der Waals surface area contributed by atoms with Gasteiger partial charge >= 0.3 is 0 Å². The highest BCUT2D eigenvalue weighted by Gasteiger charge is 2.32. The number of benzene rings is 2. The molecule has 2 aromatic rings. The van der Waals surface area contributed by atoms with Crippen molar-refractivity contribution in [1.82, 2.24) is 9.21 Å². The standard InChI is InChI=1S/C35H51N3O7S/c1-25-22-38(26(2)24-39)35(41)31-21-29(36-34(40)28-14-7-5-8-15-28)18-19-32(31)45-27(3)13-11-12-20-44-33(25)23-37(4)46(42,43)30-16-9-6-10-17-30/h6,9-10,16-19,21,25-28,33,39H,5,7-8,11-15,20,22-24H2,1-4H3,(H,36,40)/t25-,26-,27+,33+/m1/s1. The van der Waals surface area contributed by atoms with Crippen LogP contribution >= 0.6 is 0 Å². The summed E-state index contributed by atoms with van der Waals surface area (Å²) >= 11 is 0. The van der Waals surface area contributed by atoms with E-state index in [0.717, 1.165) is 51.4 Å². The smallest absolute Gasteiger partial charge is 0.258 e. The van der Waals surface area contributed by atoms with E-state index in [9.17, 15) is 23.1 Å². The number of nitrogens with one attached hydrogen (secondary N) is 1. The Bertz CT molecular complexity index is 1400. The average molecular weight is 658 g/mol. The molecule has 0 saturated heterocycles. The van der Waals surface area contributed by atoms with Crippen molar-refractivity contribution in [1.29, 1.82) is 0 Å². The second-order valence-electron chi connectivity index (χ2n) is 12.9. The van der Waals surface area contributed by atoms with Gasteiger partial charge in [-0.05, 0) is 76.3 Å². The van der Waals surface area contributed by atoms with Gasteiger partial charge in [0.1, 0.15) is 5.75 Å². The van der Waals surface area contributed by atoms with Gasteiger partial charge in [0.2, 0.25) is 15.9 Å². The lowest BCUT2D eigenvalue weighted by Gasteiger charge is -2.35. The lowest BCUT2D eigenvalue weighted by molar-refractivity contribution is -0.120. The fourth-order valence-corrected chi connectivity index (χ4v) is 7.40. The van der Waals surface area contributed by atoms with Gasteiger partial charge in [-0.15, -0.1) is 0 Å². The first-order valence-electron chi connectivity index (χ1n) is 16.7. The molecule has 254 valence electrons. The summed E-state index contributed by atoms with van der Waals surface area (Å²) in [6.45, 7) is 6.14. The van der Waals surface area contributed by atoms with Crippen LogP contribution < -0.4 is 10.1 Å². The van der Waals surface area contributed by atoms with Crippen molar-refractivity contribution in [3.63, 3.8) is 0 Å². The average Bonchev–Trinajstić information content (AvgIpc) is 3.06. The number of carbonyl (C=O) groups is 2. The van der Waals surface area contributed by atoms with Gasteiger partial charge in [0.05, 0.1) is 35.3 Å². The first-order chi connectivity index (χ1) is 22.0. The zero-order chi connectivity index (χ0) is 33.3. The first kappa shape index (κ1) is 35.9. The van der Waals surface area contributed by atoms with Crippen LogP contribution in [0.1, 0.15) is 82.5 Å². The number of aliphatic hydroxyl groups excluding tert-OH is 1. The molecule has 0 spiro atoms. The number of likely N-dealkylation sites (N-methyl/N-ethyl adjacent to an activating group) is 1. The molecule has 2 aliphatic rings. The van der Waals surface area contributed by atoms with Crippen molar-refractivity contribution in [3.05, 3.63) is 54.1 Å². The summed E-state index contributed by atoms with van der Waals surface area (Å²) in [5, 5.41) is 13.2. The zero-order valence-electron chi connectivity index (χ0n) is 27.7. The minimum atomic E-state index is -3.76. The van der Waals surface area contributed by atoms with E-state index >= 15 is 0 Å². The number of hydrogen-bond acceptors (Lipinski definition) is 7. The number of nitrogens with zero attached hydrogens (tertiary/aromatic N) is 2. The van der Waals surface area contributed by atoms with Crippen LogP contribution in [0.4, 0.5) is 5.69 Å². The monoisotopic (exact) mass is 657 g/mol. The molecule has 10 nitrogen and oxygen atoms in total. The largest absolute Gasteiger partial charge is 0.490 e. The molecule has 46 heavy (non-hydrogen) atoms. The molecule has 1 aliphatic heterocycles. The van der Waals surface area contributed by atoms with E-state index in [1.165, 1.54) is 4.31 Å². The number of sulfonamides is 1. The van der Waals surface area contributed by atoms with Crippen molar-refractivity contribution in [2.24, 2.45) is 11.8 Å². The summed E-state index contributed by atoms with van der Waals surface area (Å²) in [5.74, 6) is -0.278. The van der Waals surface area contributed by atoms with E-state index in [1.807, 2.05) is 13.8 Å². The van der Waals surface area contributed by atoms with E-state index in [1.54, 1.807) is 67.4 Å². The Balaban J connectivity index is 1.63. The van der Waals surface area contributed by atoms with Crippen LogP contribution in [0.5, 0.6) is 5.75 Å². The fourth-order valence-electron chi connectivity index (χ4n) is 6.20. The molecule has 1 aliphatic carbocycles. The van der Waals surface area contributed by atoms with Crippen LogP contribution in [0, 0.1) is 11.8 Å². The number of carbonyl (C=O) groups excluding carboxylic acids is 2. The third kappa shape index (κ3) is 9.30. The van der Waals surface area contributed by atoms with E-state index < -0.39 is 22.2 Å². The predicted molar refractivity (Wildman–Crippen MR) is 178 cm³/mol. The van der Waals surface area contributed by atoms with Crippen LogP contribution in [0.2, 0.25) is 0 Å². The van der Waals surface area contributed by atoms with Gasteiger partial charge in [-0.1, -0.05) is 44.4 Å². The van der Waals surface area contributed by atoms with Gasteiger partial charge in [-0.2, -0.15) is 4.31 Å². The third-order valence-corrected chi connectivity index (χ3v) is 11.0. The number of aliphatic hydroxyl groups is 1. The second kappa shape index (κ2) is 16.7. The molecule has 11 heteroatoms. The minimum absolute atomic E-state index is 0.0361. The Hall–Kier alpha value is -2.99. The number of fused-ring (bicyclic) bond motifs is 1. The molecule has 0 bridgehead atoms. The van der Waals surface area contributed by atoms with Crippen molar-refractivity contribution >= 4 is 27.5 Å². The molecule has 0 aromatic heterocycles. The molecule has 2 N–H and O–H groups in total. The second-order valence-corrected chi connectivity index (χ2v) is 15.0. The Kier molecular flexibility index (Phi) is 13.0. The van der Waals surface area contributed by atoms with E-state index in [0.29, 0.717) is 23.6 Å². The van der Waals surface area contributed by atoms with Crippen LogP contribution in [0.3, 0.4) is 0 Å². The van der Waals surface area contributed by atoms with Crippen molar-refractivity contribution in [2.45, 2.75) is 95.3 Å². The Labute approximate surface area is 274 Å². The number of rotatable bonds is 8. The summed E-state index contributed by atoms with van der Waals surface area (Å²) in [6, 6.07) is 12.9. The van der Waals surface area contributed by atoms with Crippen molar-refractivity contribution < 1.29 is 32.6 Å². The Morgan fingerprint density at radius 2 is 1.74 bits per heavy atom. The Morgan fingerprint density at radius 1 is 1.04 bits per heavy atom. The quantitative estimate of drug-likeness (QED) is 0.394. The molecule has 1 heterocycles. The molecule has 1 fully saturated rings. The summed E-state index contributed by atoms with van der Waals surface area (Å²) in [7, 11) is -2.21. The maximum atomic E-state index is 14.3. The van der Waals surface area contributed by atoms with Gasteiger partial charge in [0.15, 0.2) is 0 Å². The number of amides is 2. The SMILES string of the molecule is C[C@@H]1CN([C@H](C)CO)C(=O)c2cc(NC(=O)C3CCCCC3)ccc2O[C@@H](C)CCCCO[C@H]1CN(C)S(=O)(=O)c1ccccc1. The summed E-state index contributed by atoms with van der Waals surface area (Å²) in [4.78, 5) is 29.2. The highest BCUT2D eigenvalue weighted by atomic mass is 32.2. The number of ether oxygens (including phenoxy) is 2. The highest BCUT2D eigenvalue weighted by Crippen LogP contribution is 2.30. The Morgan fingerprint density at radius 3 is 2.43 bits per heavy atom. The van der Waals surface area contributed by atoms with Crippen LogP contribution in [0.15, 0.2) is 53.4 Å². The summed E-state index contributed by atoms with van der Waals surface area (Å²) in [5.41, 5.74) is 0.831. The van der Waals surface area contributed by atoms with Gasteiger partial charge in [0.25, 0.3) is 5.91 Å². The maximum Gasteiger partial charge on any atom is 0.258 e. The fraction of sp³-hybridized carbons (Fsp3) is 0.600. The molecule has 1 saturated carbocycles. The van der Waals surface area contributed by atoms with Gasteiger partial charge in [-0.3, -0.25) is 9.59 Å². The topological polar surface area (TPSA) is 125 Å². The van der Waals surface area contributed by atoms with Crippen LogP contribution in [0.25, 0.3) is 0 Å². The molecular weight excluding hydrogens is 606 g/mol.